The minimum Gasteiger partial charge on any atom is -0.475 e. The topological polar surface area (TPSA) is 65.7 Å². The van der Waals surface area contributed by atoms with Crippen molar-refractivity contribution in [1.29, 1.82) is 0 Å². The van der Waals surface area contributed by atoms with Gasteiger partial charge in [0, 0.05) is 6.07 Å². The van der Waals surface area contributed by atoms with Crippen LogP contribution in [0.25, 0.3) is 0 Å². The van der Waals surface area contributed by atoms with Gasteiger partial charge in [-0.25, -0.2) is 4.79 Å². The highest BCUT2D eigenvalue weighted by Gasteiger charge is 2.09. The Balaban J connectivity index is 2.55. The molecule has 0 spiro atoms. The van der Waals surface area contributed by atoms with Crippen LogP contribution in [0, 0.1) is 6.92 Å². The molecule has 0 aromatic carbocycles. The van der Waals surface area contributed by atoms with Crippen LogP contribution < -0.4 is 10.2 Å². The summed E-state index contributed by atoms with van der Waals surface area (Å²) in [6.45, 7) is 3.55. The molecule has 1 rings (SSSR count). The van der Waals surface area contributed by atoms with Crippen LogP contribution in [0.15, 0.2) is 21.5 Å². The molecule has 0 N–H and O–H groups in total. The molecule has 5 nitrogen and oxygen atoms in total. The first-order valence-corrected chi connectivity index (χ1v) is 5.02. The summed E-state index contributed by atoms with van der Waals surface area (Å²) < 4.78 is 14.8. The first-order valence-electron chi connectivity index (χ1n) is 5.02. The smallest absolute Gasteiger partial charge is 0.344 e. The molecule has 0 aliphatic heterocycles. The van der Waals surface area contributed by atoms with Crippen LogP contribution in [0.4, 0.5) is 0 Å². The van der Waals surface area contributed by atoms with Crippen LogP contribution in [0.5, 0.6) is 5.75 Å². The highest BCUT2D eigenvalue weighted by atomic mass is 16.6. The Labute approximate surface area is 93.0 Å². The summed E-state index contributed by atoms with van der Waals surface area (Å²) in [6.07, 6.45) is 2.03. The van der Waals surface area contributed by atoms with Crippen molar-refractivity contribution in [2.75, 3.05) is 13.2 Å². The summed E-state index contributed by atoms with van der Waals surface area (Å²) in [5.74, 6) is -0.101. The molecular formula is C11H14O5. The van der Waals surface area contributed by atoms with E-state index in [9.17, 15) is 9.59 Å². The summed E-state index contributed by atoms with van der Waals surface area (Å²) in [6, 6.07) is 1.24. The van der Waals surface area contributed by atoms with Gasteiger partial charge in [-0.05, 0) is 13.3 Å². The molecule has 1 aromatic rings. The summed E-state index contributed by atoms with van der Waals surface area (Å²) in [5, 5.41) is 0. The molecule has 88 valence electrons. The van der Waals surface area contributed by atoms with Gasteiger partial charge in [-0.1, -0.05) is 6.92 Å². The third-order valence-corrected chi connectivity index (χ3v) is 1.81. The molecule has 1 heterocycles. The number of esters is 1. The van der Waals surface area contributed by atoms with Crippen molar-refractivity contribution in [1.82, 2.24) is 0 Å². The van der Waals surface area contributed by atoms with Crippen molar-refractivity contribution in [2.24, 2.45) is 0 Å². The number of carbonyl (C=O) groups is 1. The standard InChI is InChI=1S/C11H14O5/c1-3-5-15-10(13)7-16-11-8(2)14-6-4-9(11)12/h4,6H,3,5,7H2,1-2H3. The summed E-state index contributed by atoms with van der Waals surface area (Å²) in [7, 11) is 0. The van der Waals surface area contributed by atoms with E-state index in [0.29, 0.717) is 12.4 Å². The van der Waals surface area contributed by atoms with Crippen molar-refractivity contribution < 1.29 is 18.7 Å². The van der Waals surface area contributed by atoms with E-state index < -0.39 is 5.97 Å². The molecule has 0 atom stereocenters. The maximum absolute atomic E-state index is 11.3. The van der Waals surface area contributed by atoms with E-state index >= 15 is 0 Å². The molecule has 0 radical (unpaired) electrons. The lowest BCUT2D eigenvalue weighted by molar-refractivity contribution is -0.146. The van der Waals surface area contributed by atoms with Crippen molar-refractivity contribution in [3.8, 4) is 5.75 Å². The monoisotopic (exact) mass is 226 g/mol. The van der Waals surface area contributed by atoms with Gasteiger partial charge in [0.05, 0.1) is 12.9 Å². The zero-order valence-electron chi connectivity index (χ0n) is 9.32. The van der Waals surface area contributed by atoms with Gasteiger partial charge in [0.2, 0.25) is 11.2 Å². The van der Waals surface area contributed by atoms with Crippen LogP contribution in [-0.4, -0.2) is 19.2 Å². The second-order valence-electron chi connectivity index (χ2n) is 3.18. The molecule has 0 aliphatic rings. The normalized spacial score (nSPS) is 9.88. The number of ether oxygens (including phenoxy) is 2. The van der Waals surface area contributed by atoms with Gasteiger partial charge in [-0.3, -0.25) is 4.79 Å². The Kier molecular flexibility index (Phi) is 4.57. The average molecular weight is 226 g/mol. The van der Waals surface area contributed by atoms with Crippen LogP contribution in [0.1, 0.15) is 19.1 Å². The van der Waals surface area contributed by atoms with Gasteiger partial charge >= 0.3 is 5.97 Å². The Hall–Kier alpha value is -1.78. The largest absolute Gasteiger partial charge is 0.475 e. The number of rotatable bonds is 5. The van der Waals surface area contributed by atoms with Crippen LogP contribution >= 0.6 is 0 Å². The van der Waals surface area contributed by atoms with E-state index in [4.69, 9.17) is 13.9 Å². The van der Waals surface area contributed by atoms with E-state index in [1.54, 1.807) is 6.92 Å². The molecule has 0 saturated heterocycles. The second-order valence-corrected chi connectivity index (χ2v) is 3.18. The van der Waals surface area contributed by atoms with Crippen molar-refractivity contribution in [3.63, 3.8) is 0 Å². The predicted molar refractivity (Wildman–Crippen MR) is 56.5 cm³/mol. The van der Waals surface area contributed by atoms with Gasteiger partial charge in [0.25, 0.3) is 0 Å². The molecule has 16 heavy (non-hydrogen) atoms. The van der Waals surface area contributed by atoms with Gasteiger partial charge in [0.1, 0.15) is 5.76 Å². The van der Waals surface area contributed by atoms with E-state index in [1.807, 2.05) is 6.92 Å². The number of carbonyl (C=O) groups excluding carboxylic acids is 1. The minimum absolute atomic E-state index is 0.0518. The fourth-order valence-corrected chi connectivity index (χ4v) is 1.06. The zero-order chi connectivity index (χ0) is 12.0. The lowest BCUT2D eigenvalue weighted by atomic mass is 10.4. The van der Waals surface area contributed by atoms with E-state index in [0.717, 1.165) is 6.42 Å². The Morgan fingerprint density at radius 2 is 2.25 bits per heavy atom. The van der Waals surface area contributed by atoms with Crippen molar-refractivity contribution >= 4 is 5.97 Å². The average Bonchev–Trinajstić information content (AvgIpc) is 2.25. The molecule has 0 fully saturated rings. The molecular weight excluding hydrogens is 212 g/mol. The third kappa shape index (κ3) is 3.42. The SMILES string of the molecule is CCCOC(=O)COc1c(C)occc1=O. The molecule has 0 saturated carbocycles. The molecule has 1 aromatic heterocycles. The lowest BCUT2D eigenvalue weighted by Gasteiger charge is -2.06. The predicted octanol–water partition coefficient (Wildman–Crippen LogP) is 1.28. The lowest BCUT2D eigenvalue weighted by Crippen LogP contribution is -2.18. The number of hydrogen-bond donors (Lipinski definition) is 0. The van der Waals surface area contributed by atoms with Crippen LogP contribution in [0.2, 0.25) is 0 Å². The summed E-state index contributed by atoms with van der Waals surface area (Å²) >= 11 is 0. The Morgan fingerprint density at radius 3 is 2.88 bits per heavy atom. The van der Waals surface area contributed by atoms with E-state index in [2.05, 4.69) is 0 Å². The summed E-state index contributed by atoms with van der Waals surface area (Å²) in [4.78, 5) is 22.4. The molecule has 5 heteroatoms. The van der Waals surface area contributed by atoms with Crippen molar-refractivity contribution in [3.05, 3.63) is 28.3 Å². The molecule has 0 aliphatic carbocycles. The van der Waals surface area contributed by atoms with E-state index in [-0.39, 0.29) is 17.8 Å². The maximum atomic E-state index is 11.3. The zero-order valence-corrected chi connectivity index (χ0v) is 9.32. The number of aryl methyl sites for hydroxylation is 1. The molecule has 0 bridgehead atoms. The minimum atomic E-state index is -0.496. The fourth-order valence-electron chi connectivity index (χ4n) is 1.06. The molecule has 0 amide bonds. The number of hydrogen-bond acceptors (Lipinski definition) is 5. The van der Waals surface area contributed by atoms with Gasteiger partial charge < -0.3 is 13.9 Å². The Bertz CT molecular complexity index is 407. The fraction of sp³-hybridized carbons (Fsp3) is 0.455. The van der Waals surface area contributed by atoms with Gasteiger partial charge in [-0.2, -0.15) is 0 Å². The second kappa shape index (κ2) is 5.95. The summed E-state index contributed by atoms with van der Waals surface area (Å²) in [5.41, 5.74) is -0.313. The third-order valence-electron chi connectivity index (χ3n) is 1.81. The Morgan fingerprint density at radius 1 is 1.50 bits per heavy atom. The van der Waals surface area contributed by atoms with Crippen LogP contribution in [0.3, 0.4) is 0 Å². The van der Waals surface area contributed by atoms with Crippen LogP contribution in [-0.2, 0) is 9.53 Å². The first-order chi connectivity index (χ1) is 7.65. The quantitative estimate of drug-likeness (QED) is 0.707. The first kappa shape index (κ1) is 12.3. The highest BCUT2D eigenvalue weighted by Crippen LogP contribution is 2.10. The maximum Gasteiger partial charge on any atom is 0.344 e. The highest BCUT2D eigenvalue weighted by molar-refractivity contribution is 5.71. The van der Waals surface area contributed by atoms with Gasteiger partial charge in [0.15, 0.2) is 6.61 Å². The van der Waals surface area contributed by atoms with Crippen molar-refractivity contribution in [2.45, 2.75) is 20.3 Å². The molecule has 0 unspecified atom stereocenters. The van der Waals surface area contributed by atoms with Gasteiger partial charge in [-0.15, -0.1) is 0 Å². The van der Waals surface area contributed by atoms with E-state index in [1.165, 1.54) is 12.3 Å².